The summed E-state index contributed by atoms with van der Waals surface area (Å²) >= 11 is 5.84. The molecule has 31 heavy (non-hydrogen) atoms. The van der Waals surface area contributed by atoms with Gasteiger partial charge in [0.05, 0.1) is 5.56 Å². The molecular weight excluding hydrogens is 454 g/mol. The van der Waals surface area contributed by atoms with E-state index in [-0.39, 0.29) is 23.0 Å². The summed E-state index contributed by atoms with van der Waals surface area (Å²) < 4.78 is 85.4. The van der Waals surface area contributed by atoms with E-state index in [0.717, 1.165) is 6.07 Å². The molecule has 0 atom stereocenters. The largest absolute Gasteiger partial charge is 0.446 e. The van der Waals surface area contributed by atoms with Crippen LogP contribution in [-0.4, -0.2) is 27.7 Å². The average molecular weight is 470 g/mol. The fourth-order valence-electron chi connectivity index (χ4n) is 3.36. The zero-order valence-corrected chi connectivity index (χ0v) is 16.8. The van der Waals surface area contributed by atoms with E-state index in [2.05, 4.69) is 5.32 Å². The number of hydrogen-bond donors (Lipinski definition) is 3. The highest BCUT2D eigenvalue weighted by Gasteiger charge is 2.78. The number of rotatable bonds is 3. The third-order valence-electron chi connectivity index (χ3n) is 4.64. The molecule has 0 unspecified atom stereocenters. The van der Waals surface area contributed by atoms with E-state index < -0.39 is 46.4 Å². The zero-order valence-electron chi connectivity index (χ0n) is 16.0. The zero-order chi connectivity index (χ0) is 23.4. The first-order valence-corrected chi connectivity index (χ1v) is 9.26. The fourth-order valence-corrected chi connectivity index (χ4v) is 3.55. The number of anilines is 1. The van der Waals surface area contributed by atoms with Crippen LogP contribution in [0.15, 0.2) is 33.9 Å². The second-order valence-electron chi connectivity index (χ2n) is 7.37. The van der Waals surface area contributed by atoms with Gasteiger partial charge < -0.3 is 0 Å². The second-order valence-corrected chi connectivity index (χ2v) is 7.80. The van der Waals surface area contributed by atoms with Crippen LogP contribution in [0.4, 0.5) is 32.2 Å². The molecule has 0 amide bonds. The van der Waals surface area contributed by atoms with Gasteiger partial charge in [0, 0.05) is 11.6 Å². The number of nitrogens with zero attached hydrogens (tertiary/aromatic N) is 1. The lowest BCUT2D eigenvalue weighted by atomic mass is 9.87. The van der Waals surface area contributed by atoms with Crippen molar-refractivity contribution in [2.24, 2.45) is 5.92 Å². The standard InChI is InChI=1S/C18H15ClF6N4O2/c1-8(2)7-29-13-11(14(30)27-15(29)31)16(17(20,21)22,18(23,24)25)28-12(26-13)9-4-3-5-10(19)6-9/h3-6,8H,7H2,1-2H3,(H,26,28)(H,27,30,31)/p+1. The topological polar surface area (TPSA) is 80.9 Å². The van der Waals surface area contributed by atoms with Gasteiger partial charge in [-0.05, 0) is 24.1 Å². The highest BCUT2D eigenvalue weighted by molar-refractivity contribution is 6.31. The van der Waals surface area contributed by atoms with Gasteiger partial charge in [0.15, 0.2) is 0 Å². The van der Waals surface area contributed by atoms with Crippen molar-refractivity contribution in [2.75, 3.05) is 5.32 Å². The Hall–Kier alpha value is -2.76. The van der Waals surface area contributed by atoms with Gasteiger partial charge in [0.1, 0.15) is 5.56 Å². The first-order valence-electron chi connectivity index (χ1n) is 8.88. The number of amidine groups is 1. The Bertz CT molecular complexity index is 1150. The second kappa shape index (κ2) is 7.43. The normalized spacial score (nSPS) is 16.0. The number of hydrogen-bond acceptors (Lipinski definition) is 3. The molecule has 1 aliphatic rings. The quantitative estimate of drug-likeness (QED) is 0.602. The summed E-state index contributed by atoms with van der Waals surface area (Å²) in [5, 5.41) is 2.44. The maximum absolute atomic E-state index is 14.1. The van der Waals surface area contributed by atoms with Crippen molar-refractivity contribution in [2.45, 2.75) is 38.3 Å². The van der Waals surface area contributed by atoms with Crippen LogP contribution in [0.3, 0.4) is 0 Å². The van der Waals surface area contributed by atoms with Crippen molar-refractivity contribution in [3.8, 4) is 0 Å². The summed E-state index contributed by atoms with van der Waals surface area (Å²) in [5.41, 5.74) is -9.56. The van der Waals surface area contributed by atoms with E-state index in [1.54, 1.807) is 18.8 Å². The van der Waals surface area contributed by atoms with E-state index in [1.807, 2.05) is 0 Å². The SMILES string of the molecule is CC(C)Cn1c2c(c(=O)[nH]c1=O)C(C(F)(F)F)(C(F)(F)F)[NH+]=C(c1cccc(Cl)c1)N2. The molecule has 1 aromatic carbocycles. The summed E-state index contributed by atoms with van der Waals surface area (Å²) in [6.45, 7) is 2.96. The summed E-state index contributed by atoms with van der Waals surface area (Å²) in [6, 6.07) is 5.06. The average Bonchev–Trinajstić information content (AvgIpc) is 2.62. The van der Waals surface area contributed by atoms with Crippen molar-refractivity contribution >= 4 is 23.3 Å². The number of fused-ring (bicyclic) bond motifs is 1. The maximum Gasteiger partial charge on any atom is 0.446 e. The van der Waals surface area contributed by atoms with Crippen LogP contribution < -0.4 is 21.6 Å². The van der Waals surface area contributed by atoms with Gasteiger partial charge in [-0.2, -0.15) is 26.3 Å². The van der Waals surface area contributed by atoms with Gasteiger partial charge in [0.25, 0.3) is 11.4 Å². The molecule has 0 aliphatic carbocycles. The molecule has 3 N–H and O–H groups in total. The van der Waals surface area contributed by atoms with E-state index >= 15 is 0 Å². The number of H-pyrrole nitrogens is 1. The molecular formula is C18H16ClF6N4O2+. The van der Waals surface area contributed by atoms with Gasteiger partial charge in [-0.15, -0.1) is 0 Å². The number of aromatic nitrogens is 2. The molecule has 0 spiro atoms. The minimum atomic E-state index is -6.00. The van der Waals surface area contributed by atoms with Crippen molar-refractivity contribution in [1.82, 2.24) is 9.55 Å². The number of alkyl halides is 6. The van der Waals surface area contributed by atoms with Gasteiger partial charge in [-0.1, -0.05) is 31.5 Å². The lowest BCUT2D eigenvalue weighted by molar-refractivity contribution is -0.658. The number of halogens is 7. The monoisotopic (exact) mass is 469 g/mol. The molecule has 6 nitrogen and oxygen atoms in total. The Balaban J connectivity index is 2.50. The van der Waals surface area contributed by atoms with E-state index in [4.69, 9.17) is 11.6 Å². The Morgan fingerprint density at radius 3 is 2.26 bits per heavy atom. The Morgan fingerprint density at radius 2 is 1.74 bits per heavy atom. The predicted octanol–water partition coefficient (Wildman–Crippen LogP) is 2.12. The van der Waals surface area contributed by atoms with Crippen LogP contribution in [0.5, 0.6) is 0 Å². The summed E-state index contributed by atoms with van der Waals surface area (Å²) in [6.07, 6.45) is -12.0. The first kappa shape index (κ1) is 22.9. The molecule has 0 bridgehead atoms. The summed E-state index contributed by atoms with van der Waals surface area (Å²) in [7, 11) is 0. The minimum Gasteiger partial charge on any atom is -0.273 e. The van der Waals surface area contributed by atoms with Crippen LogP contribution in [-0.2, 0) is 12.1 Å². The molecule has 2 heterocycles. The number of benzene rings is 1. The smallest absolute Gasteiger partial charge is 0.273 e. The molecule has 0 radical (unpaired) electrons. The van der Waals surface area contributed by atoms with Gasteiger partial charge in [0.2, 0.25) is 5.82 Å². The Labute approximate surface area is 175 Å². The third kappa shape index (κ3) is 3.73. The van der Waals surface area contributed by atoms with Gasteiger partial charge >= 0.3 is 23.6 Å². The Morgan fingerprint density at radius 1 is 1.13 bits per heavy atom. The third-order valence-corrected chi connectivity index (χ3v) is 4.88. The minimum absolute atomic E-state index is 0.0505. The van der Waals surface area contributed by atoms with Crippen molar-refractivity contribution < 1.29 is 31.3 Å². The molecule has 0 fully saturated rings. The molecule has 168 valence electrons. The van der Waals surface area contributed by atoms with Crippen LogP contribution in [0.25, 0.3) is 0 Å². The van der Waals surface area contributed by atoms with Crippen LogP contribution in [0, 0.1) is 5.92 Å². The van der Waals surface area contributed by atoms with Crippen molar-refractivity contribution in [3.63, 3.8) is 0 Å². The lowest BCUT2D eigenvalue weighted by Gasteiger charge is -2.35. The predicted molar refractivity (Wildman–Crippen MR) is 100 cm³/mol. The fraction of sp³-hybridized carbons (Fsp3) is 0.389. The van der Waals surface area contributed by atoms with E-state index in [9.17, 15) is 35.9 Å². The highest BCUT2D eigenvalue weighted by atomic mass is 35.5. The summed E-state index contributed by atoms with van der Waals surface area (Å²) in [5.74, 6) is -1.96. The van der Waals surface area contributed by atoms with Gasteiger partial charge in [-0.25, -0.2) is 15.1 Å². The summed E-state index contributed by atoms with van der Waals surface area (Å²) in [4.78, 5) is 27.7. The van der Waals surface area contributed by atoms with Crippen LogP contribution in [0.1, 0.15) is 25.0 Å². The van der Waals surface area contributed by atoms with Crippen LogP contribution in [0.2, 0.25) is 5.02 Å². The van der Waals surface area contributed by atoms with Gasteiger partial charge in [-0.3, -0.25) is 14.3 Å². The molecule has 1 aromatic heterocycles. The molecule has 2 aromatic rings. The molecule has 13 heteroatoms. The van der Waals surface area contributed by atoms with E-state index in [0.29, 0.717) is 4.57 Å². The van der Waals surface area contributed by atoms with Crippen molar-refractivity contribution in [1.29, 1.82) is 0 Å². The maximum atomic E-state index is 14.1. The highest BCUT2D eigenvalue weighted by Crippen LogP contribution is 2.48. The molecule has 3 rings (SSSR count). The first-order chi connectivity index (χ1) is 14.2. The molecule has 0 saturated heterocycles. The molecule has 0 saturated carbocycles. The van der Waals surface area contributed by atoms with E-state index in [1.165, 1.54) is 23.2 Å². The lowest BCUT2D eigenvalue weighted by Crippen LogP contribution is -2.97. The number of nitrogens with one attached hydrogen (secondary N) is 3. The molecule has 1 aliphatic heterocycles. The van der Waals surface area contributed by atoms with Crippen molar-refractivity contribution in [3.05, 3.63) is 61.3 Å². The Kier molecular flexibility index (Phi) is 5.49. The number of aromatic amines is 1. The van der Waals surface area contributed by atoms with Crippen LogP contribution >= 0.6 is 11.6 Å².